The van der Waals surface area contributed by atoms with Gasteiger partial charge in [-0.2, -0.15) is 0 Å². The second kappa shape index (κ2) is 26.5. The first-order valence-corrected chi connectivity index (χ1v) is 32.8. The van der Waals surface area contributed by atoms with E-state index in [2.05, 4.69) is 159 Å². The van der Waals surface area contributed by atoms with E-state index < -0.39 is 42.1 Å². The van der Waals surface area contributed by atoms with E-state index in [1.165, 1.54) is 9.80 Å². The van der Waals surface area contributed by atoms with Crippen molar-refractivity contribution < 1.29 is 47.7 Å². The molecule has 4 aliphatic heterocycles. The van der Waals surface area contributed by atoms with Crippen LogP contribution in [0.25, 0.3) is 0 Å². The molecular formula is C75H106N6O10. The fourth-order valence-electron chi connectivity index (χ4n) is 15.6. The highest BCUT2D eigenvalue weighted by Crippen LogP contribution is 2.44. The molecule has 91 heavy (non-hydrogen) atoms. The molecule has 4 aromatic carbocycles. The maximum atomic E-state index is 16.1. The van der Waals surface area contributed by atoms with Gasteiger partial charge < -0.3 is 18.9 Å². The molecule has 0 saturated carbocycles. The van der Waals surface area contributed by atoms with E-state index in [-0.39, 0.29) is 94.4 Å². The Kier molecular flexibility index (Phi) is 20.5. The summed E-state index contributed by atoms with van der Waals surface area (Å²) in [7, 11) is 8.38. The Labute approximate surface area is 543 Å². The summed E-state index contributed by atoms with van der Waals surface area (Å²) in [6.45, 7) is 34.4. The number of anilines is 4. The van der Waals surface area contributed by atoms with Gasteiger partial charge in [0, 0.05) is 95.7 Å². The summed E-state index contributed by atoms with van der Waals surface area (Å²) in [4.78, 5) is 102. The summed E-state index contributed by atoms with van der Waals surface area (Å²) in [6.07, 6.45) is 1.94. The first-order chi connectivity index (χ1) is 42.1. The lowest BCUT2D eigenvalue weighted by Gasteiger charge is -2.53. The Hall–Kier alpha value is -6.46. The summed E-state index contributed by atoms with van der Waals surface area (Å²) in [5.41, 5.74) is 1.09. The van der Waals surface area contributed by atoms with Crippen LogP contribution in [0.3, 0.4) is 0 Å². The van der Waals surface area contributed by atoms with Crippen LogP contribution in [0.2, 0.25) is 0 Å². The molecule has 0 aliphatic carbocycles. The van der Waals surface area contributed by atoms with E-state index in [1.54, 1.807) is 97.1 Å². The SMILES string of the molecule is CN1C(C)(C)CC(OC(=O)Cc2ccccc2N(C(=O)CC(=O)N(c2ccccc2CC(=O)OC2CC(C)(C)N(C)C(C)(C)C2)c2ccccc2CC(=O)OC2CC(C)(C)N(C)C(C)(C)C2)c2ccccc2CC(=O)OC2CC(C)(C)N(C)C(C)(C)C2)CC1(C)C. The zero-order chi connectivity index (χ0) is 67.2. The average molecular weight is 1250 g/mol. The van der Waals surface area contributed by atoms with Crippen molar-refractivity contribution in [2.75, 3.05) is 38.0 Å². The Morgan fingerprint density at radius 3 is 0.659 bits per heavy atom. The number of carbonyl (C=O) groups excluding carboxylic acids is 6. The molecule has 16 nitrogen and oxygen atoms in total. The number of hydrogen-bond acceptors (Lipinski definition) is 14. The molecular weight excluding hydrogens is 1140 g/mol. The standard InChI is InChI=1S/C75H106N6O10/c1-68(2)42-54(43-69(3,4)76(68)17)88-64(84)37-50-29-21-25-33-58(50)80(59-34-26-22-30-51(59)38-65(85)89-55-44-70(5,6)77(18)71(7,8)45-55)62(82)41-63(83)81(60-35-27-23-31-52(60)39-66(86)90-56-46-72(9,10)78(19)73(11,12)47-56)61-36-28-24-32-53(61)40-67(87)91-57-48-74(13,14)79(20)75(15,16)49-57/h21-36,54-57H,37-49H2,1-20H3. The molecule has 496 valence electrons. The summed E-state index contributed by atoms with van der Waals surface area (Å²) in [5.74, 6) is -3.24. The molecule has 2 amide bonds. The summed E-state index contributed by atoms with van der Waals surface area (Å²) in [5, 5.41) is 0. The fourth-order valence-corrected chi connectivity index (χ4v) is 15.6. The molecule has 0 atom stereocenters. The predicted molar refractivity (Wildman–Crippen MR) is 360 cm³/mol. The van der Waals surface area contributed by atoms with Crippen molar-refractivity contribution in [3.8, 4) is 0 Å². The number of ether oxygens (including phenoxy) is 4. The van der Waals surface area contributed by atoms with Gasteiger partial charge in [-0.25, -0.2) is 0 Å². The zero-order valence-corrected chi connectivity index (χ0v) is 58.5. The van der Waals surface area contributed by atoms with Crippen LogP contribution < -0.4 is 9.80 Å². The highest BCUT2D eigenvalue weighted by Gasteiger charge is 2.48. The second-order valence-corrected chi connectivity index (χ2v) is 31.7. The van der Waals surface area contributed by atoms with Gasteiger partial charge in [-0.05, 0) is 185 Å². The number of hydrogen-bond donors (Lipinski definition) is 0. The largest absolute Gasteiger partial charge is 0.462 e. The van der Waals surface area contributed by atoms with Crippen LogP contribution in [-0.2, 0) is 73.4 Å². The van der Waals surface area contributed by atoms with Gasteiger partial charge in [-0.15, -0.1) is 0 Å². The molecule has 0 bridgehead atoms. The van der Waals surface area contributed by atoms with Crippen LogP contribution in [0.5, 0.6) is 0 Å². The highest BCUT2D eigenvalue weighted by atomic mass is 16.6. The lowest BCUT2D eigenvalue weighted by molar-refractivity contribution is -0.159. The van der Waals surface area contributed by atoms with Gasteiger partial charge in [0.15, 0.2) is 0 Å². The van der Waals surface area contributed by atoms with Crippen LogP contribution >= 0.6 is 0 Å². The summed E-state index contributed by atoms with van der Waals surface area (Å²) in [6, 6.07) is 28.3. The molecule has 4 fully saturated rings. The Bertz CT molecular complexity index is 2850. The lowest BCUT2D eigenvalue weighted by Crippen LogP contribution is -2.60. The number of carbonyl (C=O) groups is 6. The molecule has 4 saturated heterocycles. The van der Waals surface area contributed by atoms with Crippen molar-refractivity contribution in [3.63, 3.8) is 0 Å². The van der Waals surface area contributed by atoms with Gasteiger partial charge in [0.1, 0.15) is 30.8 Å². The quantitative estimate of drug-likeness (QED) is 0.0526. The van der Waals surface area contributed by atoms with Crippen molar-refractivity contribution in [1.29, 1.82) is 0 Å². The number of para-hydroxylation sites is 4. The van der Waals surface area contributed by atoms with Crippen LogP contribution in [0.1, 0.15) is 191 Å². The minimum atomic E-state index is -0.756. The fraction of sp³-hybridized carbons (Fsp3) is 0.600. The molecule has 0 spiro atoms. The van der Waals surface area contributed by atoms with Gasteiger partial charge in [-0.3, -0.25) is 58.2 Å². The Morgan fingerprint density at radius 1 is 0.319 bits per heavy atom. The number of nitrogens with zero attached hydrogens (tertiary/aromatic N) is 6. The Balaban J connectivity index is 1.19. The summed E-state index contributed by atoms with van der Waals surface area (Å²) >= 11 is 0. The van der Waals surface area contributed by atoms with Crippen molar-refractivity contribution in [2.45, 2.75) is 263 Å². The number of esters is 4. The van der Waals surface area contributed by atoms with Crippen molar-refractivity contribution in [3.05, 3.63) is 119 Å². The minimum absolute atomic E-state index is 0.203. The number of likely N-dealkylation sites (tertiary alicyclic amines) is 4. The molecule has 0 aromatic heterocycles. The molecule has 4 aliphatic rings. The van der Waals surface area contributed by atoms with Crippen LogP contribution in [-0.4, -0.2) is 152 Å². The maximum Gasteiger partial charge on any atom is 0.310 e. The molecule has 8 rings (SSSR count). The second-order valence-electron chi connectivity index (χ2n) is 31.7. The number of benzene rings is 4. The zero-order valence-electron chi connectivity index (χ0n) is 58.5. The van der Waals surface area contributed by atoms with E-state index in [0.717, 1.165) is 0 Å². The number of rotatable bonds is 18. The third kappa shape index (κ3) is 16.1. The predicted octanol–water partition coefficient (Wildman–Crippen LogP) is 13.1. The van der Waals surface area contributed by atoms with Gasteiger partial charge >= 0.3 is 23.9 Å². The van der Waals surface area contributed by atoms with E-state index in [0.29, 0.717) is 96.4 Å². The Morgan fingerprint density at radius 2 is 0.484 bits per heavy atom. The van der Waals surface area contributed by atoms with E-state index in [9.17, 15) is 19.2 Å². The van der Waals surface area contributed by atoms with Crippen LogP contribution in [0.4, 0.5) is 22.7 Å². The van der Waals surface area contributed by atoms with Gasteiger partial charge in [0.2, 0.25) is 11.8 Å². The third-order valence-corrected chi connectivity index (χ3v) is 21.3. The number of piperidine rings is 4. The molecule has 4 aromatic rings. The van der Waals surface area contributed by atoms with Gasteiger partial charge in [0.25, 0.3) is 0 Å². The lowest BCUT2D eigenvalue weighted by atomic mass is 9.78. The monoisotopic (exact) mass is 1250 g/mol. The normalized spacial score (nSPS) is 21.7. The van der Waals surface area contributed by atoms with Crippen LogP contribution in [0, 0.1) is 0 Å². The van der Waals surface area contributed by atoms with Crippen LogP contribution in [0.15, 0.2) is 97.1 Å². The van der Waals surface area contributed by atoms with Crippen molar-refractivity contribution in [2.24, 2.45) is 0 Å². The average Bonchev–Trinajstić information content (AvgIpc) is 0.906. The van der Waals surface area contributed by atoms with Crippen molar-refractivity contribution >= 4 is 58.4 Å². The molecule has 0 N–H and O–H groups in total. The van der Waals surface area contributed by atoms with Crippen molar-refractivity contribution in [1.82, 2.24) is 19.6 Å². The highest BCUT2D eigenvalue weighted by molar-refractivity contribution is 6.16. The van der Waals surface area contributed by atoms with E-state index in [4.69, 9.17) is 18.9 Å². The minimum Gasteiger partial charge on any atom is -0.462 e. The molecule has 4 heterocycles. The summed E-state index contributed by atoms with van der Waals surface area (Å²) < 4.78 is 25.3. The first kappa shape index (κ1) is 70.4. The molecule has 0 radical (unpaired) electrons. The maximum absolute atomic E-state index is 16.1. The van der Waals surface area contributed by atoms with E-state index in [1.807, 2.05) is 0 Å². The third-order valence-electron chi connectivity index (χ3n) is 21.3. The van der Waals surface area contributed by atoms with Gasteiger partial charge in [0.05, 0.1) is 48.4 Å². The molecule has 0 unspecified atom stereocenters. The number of amides is 2. The van der Waals surface area contributed by atoms with Gasteiger partial charge in [-0.1, -0.05) is 72.8 Å². The topological polar surface area (TPSA) is 159 Å². The first-order valence-electron chi connectivity index (χ1n) is 32.8. The van der Waals surface area contributed by atoms with E-state index >= 15 is 9.59 Å². The smallest absolute Gasteiger partial charge is 0.310 e. The molecule has 16 heteroatoms.